The van der Waals surface area contributed by atoms with Gasteiger partial charge in [-0.15, -0.1) is 0 Å². The first-order valence-corrected chi connectivity index (χ1v) is 9.24. The molecule has 1 heterocycles. The average Bonchev–Trinajstić information content (AvgIpc) is 2.67. The zero-order valence-corrected chi connectivity index (χ0v) is 16.5. The normalized spacial score (nSPS) is 10.5. The van der Waals surface area contributed by atoms with Crippen LogP contribution in [0.3, 0.4) is 0 Å². The van der Waals surface area contributed by atoms with Crippen LogP contribution in [0.25, 0.3) is 0 Å². The lowest BCUT2D eigenvalue weighted by Gasteiger charge is -2.23. The molecule has 0 aliphatic heterocycles. The molecule has 0 spiro atoms. The monoisotopic (exact) mass is 361 g/mol. The predicted octanol–water partition coefficient (Wildman–Crippen LogP) is 4.62. The van der Waals surface area contributed by atoms with Gasteiger partial charge >= 0.3 is 0 Å². The lowest BCUT2D eigenvalue weighted by atomic mass is 10.2. The number of hydrogen-bond acceptors (Lipinski definition) is 5. The van der Waals surface area contributed by atoms with Gasteiger partial charge in [0, 0.05) is 50.3 Å². The highest BCUT2D eigenvalue weighted by Crippen LogP contribution is 2.21. The molecule has 0 amide bonds. The van der Waals surface area contributed by atoms with Gasteiger partial charge in [0.25, 0.3) is 0 Å². The maximum atomic E-state index is 4.75. The van der Waals surface area contributed by atoms with Gasteiger partial charge in [0.2, 0.25) is 5.95 Å². The third-order valence-electron chi connectivity index (χ3n) is 4.40. The molecule has 3 aromatic rings. The third-order valence-corrected chi connectivity index (χ3v) is 4.40. The summed E-state index contributed by atoms with van der Waals surface area (Å²) < 4.78 is 0. The van der Waals surface area contributed by atoms with Crippen LogP contribution in [-0.2, 0) is 6.54 Å². The van der Waals surface area contributed by atoms with Gasteiger partial charge < -0.3 is 15.1 Å². The van der Waals surface area contributed by atoms with E-state index >= 15 is 0 Å². The van der Waals surface area contributed by atoms with Crippen molar-refractivity contribution in [2.24, 2.45) is 0 Å². The Kier molecular flexibility index (Phi) is 5.91. The van der Waals surface area contributed by atoms with E-state index in [0.717, 1.165) is 36.0 Å². The molecule has 0 saturated heterocycles. The molecule has 0 atom stereocenters. The maximum Gasteiger partial charge on any atom is 0.229 e. The molecule has 27 heavy (non-hydrogen) atoms. The highest BCUT2D eigenvalue weighted by atomic mass is 15.2. The van der Waals surface area contributed by atoms with Crippen LogP contribution in [0.2, 0.25) is 0 Å². The van der Waals surface area contributed by atoms with Crippen LogP contribution in [0.5, 0.6) is 0 Å². The predicted molar refractivity (Wildman–Crippen MR) is 114 cm³/mol. The van der Waals surface area contributed by atoms with Gasteiger partial charge in [-0.05, 0) is 43.7 Å². The van der Waals surface area contributed by atoms with Crippen LogP contribution in [0.15, 0.2) is 60.7 Å². The average molecular weight is 361 g/mol. The first kappa shape index (κ1) is 18.7. The van der Waals surface area contributed by atoms with Crippen LogP contribution in [-0.4, -0.2) is 30.6 Å². The van der Waals surface area contributed by atoms with Crippen molar-refractivity contribution in [3.05, 3.63) is 71.9 Å². The Morgan fingerprint density at radius 3 is 2.26 bits per heavy atom. The third kappa shape index (κ3) is 4.97. The minimum absolute atomic E-state index is 0.620. The van der Waals surface area contributed by atoms with Crippen LogP contribution in [0.1, 0.15) is 18.2 Å². The van der Waals surface area contributed by atoms with E-state index in [1.807, 2.05) is 45.3 Å². The van der Waals surface area contributed by atoms with Crippen molar-refractivity contribution in [2.75, 3.05) is 35.8 Å². The number of nitrogens with zero attached hydrogens (tertiary/aromatic N) is 4. The van der Waals surface area contributed by atoms with Crippen molar-refractivity contribution in [2.45, 2.75) is 20.4 Å². The second-order valence-electron chi connectivity index (χ2n) is 6.76. The van der Waals surface area contributed by atoms with Crippen LogP contribution >= 0.6 is 0 Å². The number of aryl methyl sites for hydroxylation is 1. The molecule has 0 aliphatic carbocycles. The van der Waals surface area contributed by atoms with Gasteiger partial charge in [0.15, 0.2) is 0 Å². The van der Waals surface area contributed by atoms with E-state index in [9.17, 15) is 0 Å². The second kappa shape index (κ2) is 8.54. The first-order valence-electron chi connectivity index (χ1n) is 9.24. The molecule has 0 radical (unpaired) electrons. The molecule has 5 heteroatoms. The van der Waals surface area contributed by atoms with Crippen LogP contribution in [0.4, 0.5) is 23.1 Å². The van der Waals surface area contributed by atoms with E-state index < -0.39 is 0 Å². The molecule has 140 valence electrons. The summed E-state index contributed by atoms with van der Waals surface area (Å²) in [6.45, 7) is 5.85. The molecule has 1 N–H and O–H groups in total. The highest BCUT2D eigenvalue weighted by molar-refractivity contribution is 5.60. The van der Waals surface area contributed by atoms with Crippen molar-refractivity contribution in [3.8, 4) is 0 Å². The van der Waals surface area contributed by atoms with E-state index in [4.69, 9.17) is 4.98 Å². The van der Waals surface area contributed by atoms with E-state index in [1.54, 1.807) is 0 Å². The van der Waals surface area contributed by atoms with Gasteiger partial charge in [-0.25, -0.2) is 4.98 Å². The molecule has 0 saturated carbocycles. The van der Waals surface area contributed by atoms with Crippen molar-refractivity contribution in [1.29, 1.82) is 0 Å². The standard InChI is InChI=1S/C22H27N5/c1-5-27(16-18-9-7-6-8-10-18)21-15-17(2)23-22(25-21)24-19-11-13-20(14-12-19)26(3)4/h6-15H,5,16H2,1-4H3,(H,23,24,25). The fraction of sp³-hybridized carbons (Fsp3) is 0.273. The summed E-state index contributed by atoms with van der Waals surface area (Å²) in [7, 11) is 4.06. The van der Waals surface area contributed by atoms with Gasteiger partial charge in [0.05, 0.1) is 0 Å². The minimum atomic E-state index is 0.620. The van der Waals surface area contributed by atoms with Gasteiger partial charge in [-0.1, -0.05) is 30.3 Å². The van der Waals surface area contributed by atoms with Crippen molar-refractivity contribution in [1.82, 2.24) is 9.97 Å². The number of rotatable bonds is 7. The minimum Gasteiger partial charge on any atom is -0.378 e. The van der Waals surface area contributed by atoms with Crippen molar-refractivity contribution >= 4 is 23.1 Å². The Morgan fingerprint density at radius 2 is 1.63 bits per heavy atom. The Hall–Kier alpha value is -3.08. The van der Waals surface area contributed by atoms with Crippen LogP contribution in [0, 0.1) is 6.92 Å². The summed E-state index contributed by atoms with van der Waals surface area (Å²) in [5.74, 6) is 1.55. The first-order chi connectivity index (χ1) is 13.0. The number of aromatic nitrogens is 2. The summed E-state index contributed by atoms with van der Waals surface area (Å²) in [5.41, 5.74) is 4.35. The highest BCUT2D eigenvalue weighted by Gasteiger charge is 2.10. The van der Waals surface area contributed by atoms with E-state index in [-0.39, 0.29) is 0 Å². The van der Waals surface area contributed by atoms with E-state index in [0.29, 0.717) is 5.95 Å². The zero-order valence-electron chi connectivity index (χ0n) is 16.5. The van der Waals surface area contributed by atoms with E-state index in [2.05, 4.69) is 63.4 Å². The molecule has 0 unspecified atom stereocenters. The quantitative estimate of drug-likeness (QED) is 0.665. The molecule has 2 aromatic carbocycles. The Morgan fingerprint density at radius 1 is 0.926 bits per heavy atom. The van der Waals surface area contributed by atoms with Gasteiger partial charge in [0.1, 0.15) is 5.82 Å². The van der Waals surface area contributed by atoms with Crippen molar-refractivity contribution < 1.29 is 0 Å². The molecule has 5 nitrogen and oxygen atoms in total. The number of nitrogens with one attached hydrogen (secondary N) is 1. The number of benzene rings is 2. The molecule has 0 bridgehead atoms. The molecular weight excluding hydrogens is 334 g/mol. The largest absolute Gasteiger partial charge is 0.378 e. The summed E-state index contributed by atoms with van der Waals surface area (Å²) in [6.07, 6.45) is 0. The van der Waals surface area contributed by atoms with Gasteiger partial charge in [-0.2, -0.15) is 4.98 Å². The Balaban J connectivity index is 1.80. The number of anilines is 4. The molecule has 1 aromatic heterocycles. The molecule has 0 fully saturated rings. The van der Waals surface area contributed by atoms with Crippen molar-refractivity contribution in [3.63, 3.8) is 0 Å². The SMILES string of the molecule is CCN(Cc1ccccc1)c1cc(C)nc(Nc2ccc(N(C)C)cc2)n1. The molecule has 0 aliphatic rings. The summed E-state index contributed by atoms with van der Waals surface area (Å²) in [5, 5.41) is 3.33. The van der Waals surface area contributed by atoms with Crippen LogP contribution < -0.4 is 15.1 Å². The lowest BCUT2D eigenvalue weighted by molar-refractivity contribution is 0.809. The second-order valence-corrected chi connectivity index (χ2v) is 6.76. The Bertz CT molecular complexity index is 860. The molecule has 3 rings (SSSR count). The fourth-order valence-corrected chi connectivity index (χ4v) is 2.90. The fourth-order valence-electron chi connectivity index (χ4n) is 2.90. The van der Waals surface area contributed by atoms with E-state index in [1.165, 1.54) is 5.56 Å². The summed E-state index contributed by atoms with van der Waals surface area (Å²) in [4.78, 5) is 13.6. The maximum absolute atomic E-state index is 4.75. The summed E-state index contributed by atoms with van der Waals surface area (Å²) >= 11 is 0. The van der Waals surface area contributed by atoms with Gasteiger partial charge in [-0.3, -0.25) is 0 Å². The molecular formula is C22H27N5. The number of hydrogen-bond donors (Lipinski definition) is 1. The smallest absolute Gasteiger partial charge is 0.229 e. The topological polar surface area (TPSA) is 44.3 Å². The zero-order chi connectivity index (χ0) is 19.2. The Labute approximate surface area is 161 Å². The summed E-state index contributed by atoms with van der Waals surface area (Å²) in [6, 6.07) is 20.7. The lowest BCUT2D eigenvalue weighted by Crippen LogP contribution is -2.23.